The molecule has 3 rings (SSSR count). The number of nitrogens with zero attached hydrogens (tertiary/aromatic N) is 5. The van der Waals surface area contributed by atoms with Crippen LogP contribution in [0.2, 0.25) is 5.02 Å². The van der Waals surface area contributed by atoms with Gasteiger partial charge in [0, 0.05) is 29.7 Å². The second kappa shape index (κ2) is 8.35. The van der Waals surface area contributed by atoms with E-state index >= 15 is 0 Å². The molecule has 0 aliphatic rings. The molecule has 0 atom stereocenters. The van der Waals surface area contributed by atoms with Crippen LogP contribution in [-0.4, -0.2) is 30.3 Å². The molecule has 7 heteroatoms. The van der Waals surface area contributed by atoms with Crippen LogP contribution in [0.3, 0.4) is 0 Å². The number of hydrogen-bond donors (Lipinski definition) is 0. The topological polar surface area (TPSA) is 48.5 Å². The third kappa shape index (κ3) is 4.39. The molecule has 0 spiro atoms. The zero-order chi connectivity index (χ0) is 16.8. The molecule has 0 unspecified atom stereocenters. The third-order valence-electron chi connectivity index (χ3n) is 3.77. The summed E-state index contributed by atoms with van der Waals surface area (Å²) in [4.78, 5) is 0. The molecule has 3 aromatic rings. The highest BCUT2D eigenvalue weighted by molar-refractivity contribution is 7.99. The molecular formula is C17H20ClN5S. The Labute approximate surface area is 151 Å². The average molecular weight is 362 g/mol. The summed E-state index contributed by atoms with van der Waals surface area (Å²) in [6.07, 6.45) is 9.03. The van der Waals surface area contributed by atoms with Crippen molar-refractivity contribution in [3.05, 3.63) is 53.6 Å². The molecule has 0 radical (unpaired) electrons. The molecule has 2 heterocycles. The first kappa shape index (κ1) is 17.0. The van der Waals surface area contributed by atoms with E-state index in [9.17, 15) is 0 Å². The van der Waals surface area contributed by atoms with Crippen molar-refractivity contribution in [2.24, 2.45) is 0 Å². The van der Waals surface area contributed by atoms with E-state index in [1.807, 2.05) is 52.8 Å². The average Bonchev–Trinajstić information content (AvgIpc) is 3.25. The van der Waals surface area contributed by atoms with Crippen molar-refractivity contribution in [1.29, 1.82) is 0 Å². The highest BCUT2D eigenvalue weighted by Gasteiger charge is 2.08. The maximum atomic E-state index is 6.22. The Kier molecular flexibility index (Phi) is 5.93. The van der Waals surface area contributed by atoms with Crippen LogP contribution in [0.4, 0.5) is 0 Å². The molecule has 24 heavy (non-hydrogen) atoms. The normalized spacial score (nSPS) is 11.1. The van der Waals surface area contributed by atoms with Crippen LogP contribution < -0.4 is 0 Å². The molecule has 0 saturated carbocycles. The Bertz CT molecular complexity index is 769. The van der Waals surface area contributed by atoms with E-state index in [-0.39, 0.29) is 0 Å². The Morgan fingerprint density at radius 1 is 1.21 bits per heavy atom. The molecule has 5 nitrogen and oxygen atoms in total. The summed E-state index contributed by atoms with van der Waals surface area (Å²) in [6, 6.07) is 7.97. The van der Waals surface area contributed by atoms with Gasteiger partial charge in [-0.2, -0.15) is 5.10 Å². The van der Waals surface area contributed by atoms with Gasteiger partial charge in [-0.1, -0.05) is 35.9 Å². The molecule has 0 amide bonds. The van der Waals surface area contributed by atoms with Gasteiger partial charge in [-0.25, -0.2) is 0 Å². The third-order valence-corrected chi connectivity index (χ3v) is 5.21. The number of halogens is 1. The summed E-state index contributed by atoms with van der Waals surface area (Å²) in [7, 11) is 0. The summed E-state index contributed by atoms with van der Waals surface area (Å²) in [5.41, 5.74) is 2.07. The number of unbranched alkanes of at least 4 members (excludes halogenated alkanes) is 2. The quantitative estimate of drug-likeness (QED) is 0.441. The van der Waals surface area contributed by atoms with E-state index in [1.165, 1.54) is 6.42 Å². The Balaban J connectivity index is 1.48. The van der Waals surface area contributed by atoms with Crippen molar-refractivity contribution >= 4 is 23.4 Å². The highest BCUT2D eigenvalue weighted by atomic mass is 35.5. The van der Waals surface area contributed by atoms with Crippen LogP contribution in [0, 0.1) is 6.92 Å². The lowest BCUT2D eigenvalue weighted by atomic mass is 10.2. The molecule has 1 aromatic carbocycles. The van der Waals surface area contributed by atoms with Gasteiger partial charge in [0.2, 0.25) is 0 Å². The van der Waals surface area contributed by atoms with Crippen molar-refractivity contribution in [1.82, 2.24) is 24.5 Å². The zero-order valence-corrected chi connectivity index (χ0v) is 15.2. The van der Waals surface area contributed by atoms with Crippen molar-refractivity contribution in [2.45, 2.75) is 37.9 Å². The second-order valence-electron chi connectivity index (χ2n) is 5.60. The van der Waals surface area contributed by atoms with Gasteiger partial charge in [0.15, 0.2) is 5.16 Å². The first-order valence-corrected chi connectivity index (χ1v) is 9.37. The Hall–Kier alpha value is -1.79. The van der Waals surface area contributed by atoms with Crippen molar-refractivity contribution in [3.63, 3.8) is 0 Å². The fourth-order valence-electron chi connectivity index (χ4n) is 2.38. The SMILES string of the molecule is Cc1ccc(-n2cnnc2SCCCCCn2cccn2)cc1Cl. The summed E-state index contributed by atoms with van der Waals surface area (Å²) >= 11 is 7.95. The van der Waals surface area contributed by atoms with E-state index in [2.05, 4.69) is 15.3 Å². The molecule has 0 bridgehead atoms. The van der Waals surface area contributed by atoms with Crippen LogP contribution in [0.1, 0.15) is 24.8 Å². The first-order chi connectivity index (χ1) is 11.7. The predicted molar refractivity (Wildman–Crippen MR) is 97.9 cm³/mol. The standard InChI is InChI=1S/C17H20ClN5S/c1-14-6-7-15(12-16(14)18)23-13-19-21-17(23)24-11-4-2-3-9-22-10-5-8-20-22/h5-8,10,12-13H,2-4,9,11H2,1H3. The number of benzene rings is 1. The molecular weight excluding hydrogens is 342 g/mol. The van der Waals surface area contributed by atoms with E-state index < -0.39 is 0 Å². The van der Waals surface area contributed by atoms with E-state index in [1.54, 1.807) is 18.1 Å². The van der Waals surface area contributed by atoms with E-state index in [0.29, 0.717) is 0 Å². The van der Waals surface area contributed by atoms with Gasteiger partial charge in [0.1, 0.15) is 6.33 Å². The number of hydrogen-bond acceptors (Lipinski definition) is 4. The van der Waals surface area contributed by atoms with Crippen LogP contribution >= 0.6 is 23.4 Å². The van der Waals surface area contributed by atoms with Gasteiger partial charge in [-0.3, -0.25) is 9.25 Å². The highest BCUT2D eigenvalue weighted by Crippen LogP contribution is 2.24. The van der Waals surface area contributed by atoms with Crippen LogP contribution in [0.5, 0.6) is 0 Å². The van der Waals surface area contributed by atoms with Crippen molar-refractivity contribution in [3.8, 4) is 5.69 Å². The lowest BCUT2D eigenvalue weighted by Gasteiger charge is -2.08. The van der Waals surface area contributed by atoms with Gasteiger partial charge in [-0.05, 0) is 43.5 Å². The summed E-state index contributed by atoms with van der Waals surface area (Å²) in [5, 5.41) is 14.1. The lowest BCUT2D eigenvalue weighted by molar-refractivity contribution is 0.554. The largest absolute Gasteiger partial charge is 0.277 e. The molecule has 0 fully saturated rings. The molecule has 126 valence electrons. The van der Waals surface area contributed by atoms with Crippen molar-refractivity contribution < 1.29 is 0 Å². The van der Waals surface area contributed by atoms with E-state index in [4.69, 9.17) is 11.6 Å². The van der Waals surface area contributed by atoms with Crippen LogP contribution in [0.25, 0.3) is 5.69 Å². The van der Waals surface area contributed by atoms with Gasteiger partial charge in [0.25, 0.3) is 0 Å². The van der Waals surface area contributed by atoms with Gasteiger partial charge in [-0.15, -0.1) is 10.2 Å². The van der Waals surface area contributed by atoms with Crippen LogP contribution in [-0.2, 0) is 6.54 Å². The first-order valence-electron chi connectivity index (χ1n) is 8.01. The number of thioether (sulfide) groups is 1. The lowest BCUT2D eigenvalue weighted by Crippen LogP contribution is -1.98. The van der Waals surface area contributed by atoms with E-state index in [0.717, 1.165) is 46.6 Å². The Morgan fingerprint density at radius 2 is 2.12 bits per heavy atom. The fourth-order valence-corrected chi connectivity index (χ4v) is 3.48. The minimum Gasteiger partial charge on any atom is -0.277 e. The minimum atomic E-state index is 0.760. The Morgan fingerprint density at radius 3 is 2.92 bits per heavy atom. The van der Waals surface area contributed by atoms with Gasteiger partial charge in [0.05, 0.1) is 5.69 Å². The molecule has 2 aromatic heterocycles. The summed E-state index contributed by atoms with van der Waals surface area (Å²) in [5.74, 6) is 1.03. The van der Waals surface area contributed by atoms with Gasteiger partial charge < -0.3 is 0 Å². The molecule has 0 aliphatic heterocycles. The number of rotatable bonds is 8. The predicted octanol–water partition coefficient (Wildman–Crippen LogP) is 4.39. The van der Waals surface area contributed by atoms with Crippen molar-refractivity contribution in [2.75, 3.05) is 5.75 Å². The summed E-state index contributed by atoms with van der Waals surface area (Å²) < 4.78 is 3.96. The number of aromatic nitrogens is 5. The molecule has 0 N–H and O–H groups in total. The molecule has 0 aliphatic carbocycles. The fraction of sp³-hybridized carbons (Fsp3) is 0.353. The minimum absolute atomic E-state index is 0.760. The number of aryl methyl sites for hydroxylation is 2. The maximum absolute atomic E-state index is 6.22. The summed E-state index contributed by atoms with van der Waals surface area (Å²) in [6.45, 7) is 2.98. The van der Waals surface area contributed by atoms with Gasteiger partial charge >= 0.3 is 0 Å². The second-order valence-corrected chi connectivity index (χ2v) is 7.06. The maximum Gasteiger partial charge on any atom is 0.195 e. The zero-order valence-electron chi connectivity index (χ0n) is 13.6. The monoisotopic (exact) mass is 361 g/mol. The smallest absolute Gasteiger partial charge is 0.195 e. The molecule has 0 saturated heterocycles. The van der Waals surface area contributed by atoms with Crippen LogP contribution in [0.15, 0.2) is 48.1 Å².